The Morgan fingerprint density at radius 3 is 2.70 bits per heavy atom. The normalized spacial score (nSPS) is 14.2. The van der Waals surface area contributed by atoms with Crippen molar-refractivity contribution in [1.29, 1.82) is 0 Å². The minimum atomic E-state index is -0.209. The van der Waals surface area contributed by atoms with E-state index in [1.54, 1.807) is 28.6 Å². The zero-order chi connectivity index (χ0) is 21.3. The third kappa shape index (κ3) is 3.90. The molecule has 0 unspecified atom stereocenters. The van der Waals surface area contributed by atoms with Gasteiger partial charge in [0.05, 0.1) is 29.0 Å². The topological polar surface area (TPSA) is 107 Å². The van der Waals surface area contributed by atoms with Crippen molar-refractivity contribution in [2.24, 2.45) is 0 Å². The van der Waals surface area contributed by atoms with Gasteiger partial charge < -0.3 is 20.1 Å². The third-order valence-corrected chi connectivity index (χ3v) is 6.18. The average Bonchev–Trinajstić information content (AvgIpc) is 3.33. The first-order valence-corrected chi connectivity index (χ1v) is 10.5. The molecule has 0 radical (unpaired) electrons. The molecule has 0 bridgehead atoms. The summed E-state index contributed by atoms with van der Waals surface area (Å²) < 4.78 is 0. The number of aryl methyl sites for hydroxylation is 2. The molecule has 3 aromatic rings. The van der Waals surface area contributed by atoms with E-state index in [2.05, 4.69) is 36.7 Å². The van der Waals surface area contributed by atoms with E-state index in [1.165, 1.54) is 6.08 Å². The summed E-state index contributed by atoms with van der Waals surface area (Å²) in [5, 5.41) is 3.93. The highest BCUT2D eigenvalue weighted by Gasteiger charge is 2.22. The number of hydrogen-bond acceptors (Lipinski definition) is 7. The number of piperazine rings is 1. The van der Waals surface area contributed by atoms with Gasteiger partial charge in [-0.25, -0.2) is 15.0 Å². The van der Waals surface area contributed by atoms with Gasteiger partial charge in [0.2, 0.25) is 5.91 Å². The van der Waals surface area contributed by atoms with Gasteiger partial charge in [0.25, 0.3) is 5.91 Å². The van der Waals surface area contributed by atoms with Crippen LogP contribution in [-0.4, -0.2) is 62.8 Å². The molecule has 0 saturated carbocycles. The van der Waals surface area contributed by atoms with Crippen molar-refractivity contribution in [3.8, 4) is 0 Å². The number of carbonyl (C=O) groups excluding carboxylic acids is 2. The zero-order valence-electron chi connectivity index (χ0n) is 16.9. The van der Waals surface area contributed by atoms with Crippen molar-refractivity contribution >= 4 is 40.1 Å². The van der Waals surface area contributed by atoms with E-state index < -0.39 is 0 Å². The Morgan fingerprint density at radius 1 is 1.27 bits per heavy atom. The summed E-state index contributed by atoms with van der Waals surface area (Å²) in [4.78, 5) is 45.9. The second kappa shape index (κ2) is 8.23. The summed E-state index contributed by atoms with van der Waals surface area (Å²) in [5.41, 5.74) is 2.49. The van der Waals surface area contributed by atoms with Crippen LogP contribution in [0.15, 0.2) is 25.0 Å². The summed E-state index contributed by atoms with van der Waals surface area (Å²) >= 11 is 1.58. The number of nitrogens with zero attached hydrogens (tertiary/aromatic N) is 5. The molecule has 0 aromatic carbocycles. The first kappa shape index (κ1) is 20.0. The maximum Gasteiger partial charge on any atom is 0.255 e. The van der Waals surface area contributed by atoms with Crippen LogP contribution >= 0.6 is 11.3 Å². The second-order valence-corrected chi connectivity index (χ2v) is 8.36. The lowest BCUT2D eigenvalue weighted by atomic mass is 10.2. The number of nitrogens with one attached hydrogen (secondary N) is 2. The molecule has 10 heteroatoms. The van der Waals surface area contributed by atoms with Crippen LogP contribution in [-0.2, 0) is 11.3 Å². The highest BCUT2D eigenvalue weighted by atomic mass is 32.1. The van der Waals surface area contributed by atoms with Crippen LogP contribution in [0.1, 0.15) is 25.9 Å². The molecule has 30 heavy (non-hydrogen) atoms. The number of hydrogen-bond donors (Lipinski definition) is 2. The van der Waals surface area contributed by atoms with Crippen LogP contribution in [0.3, 0.4) is 0 Å². The molecular weight excluding hydrogens is 402 g/mol. The van der Waals surface area contributed by atoms with E-state index in [0.29, 0.717) is 55.3 Å². The molecule has 1 aliphatic heterocycles. The van der Waals surface area contributed by atoms with Crippen molar-refractivity contribution in [2.45, 2.75) is 20.4 Å². The number of aromatic amines is 1. The van der Waals surface area contributed by atoms with Crippen LogP contribution in [0.5, 0.6) is 0 Å². The molecule has 2 amide bonds. The number of H-pyrrole nitrogens is 1. The predicted molar refractivity (Wildman–Crippen MR) is 116 cm³/mol. The van der Waals surface area contributed by atoms with Crippen LogP contribution in [0.2, 0.25) is 0 Å². The molecule has 1 saturated heterocycles. The first-order valence-electron chi connectivity index (χ1n) is 9.67. The summed E-state index contributed by atoms with van der Waals surface area (Å²) in [7, 11) is 0. The summed E-state index contributed by atoms with van der Waals surface area (Å²) in [6.07, 6.45) is 4.66. The number of anilines is 1. The molecule has 4 rings (SSSR count). The molecule has 0 aliphatic carbocycles. The van der Waals surface area contributed by atoms with Gasteiger partial charge in [0.1, 0.15) is 11.3 Å². The maximum absolute atomic E-state index is 12.8. The van der Waals surface area contributed by atoms with Crippen molar-refractivity contribution in [2.75, 3.05) is 31.1 Å². The van der Waals surface area contributed by atoms with Crippen molar-refractivity contribution < 1.29 is 9.59 Å². The Hall–Kier alpha value is -3.27. The summed E-state index contributed by atoms with van der Waals surface area (Å²) in [6.45, 7) is 10.3. The molecule has 1 aliphatic rings. The van der Waals surface area contributed by atoms with E-state index in [0.717, 1.165) is 15.6 Å². The number of fused-ring (bicyclic) bond motifs is 1. The number of thiazole rings is 1. The van der Waals surface area contributed by atoms with Gasteiger partial charge in [-0.15, -0.1) is 11.3 Å². The lowest BCUT2D eigenvalue weighted by Crippen LogP contribution is -2.48. The van der Waals surface area contributed by atoms with Crippen LogP contribution in [0, 0.1) is 13.8 Å². The number of rotatable bonds is 5. The molecule has 3 aromatic heterocycles. The average molecular weight is 426 g/mol. The Morgan fingerprint density at radius 2 is 2.03 bits per heavy atom. The van der Waals surface area contributed by atoms with Crippen molar-refractivity contribution in [1.82, 2.24) is 30.2 Å². The second-order valence-electron chi connectivity index (χ2n) is 7.07. The SMILES string of the molecule is C=CC(=O)N1CCN(c2cnc3[nH]cc(C(=O)NCc4sc(C)nc4C)c3n2)CC1. The molecule has 1 fully saturated rings. The zero-order valence-corrected chi connectivity index (χ0v) is 17.8. The smallest absolute Gasteiger partial charge is 0.255 e. The van der Waals surface area contributed by atoms with Gasteiger partial charge >= 0.3 is 0 Å². The van der Waals surface area contributed by atoms with Gasteiger partial charge in [0, 0.05) is 37.3 Å². The summed E-state index contributed by atoms with van der Waals surface area (Å²) in [6, 6.07) is 0. The van der Waals surface area contributed by atoms with Gasteiger partial charge in [-0.05, 0) is 19.9 Å². The van der Waals surface area contributed by atoms with E-state index in [9.17, 15) is 9.59 Å². The first-order chi connectivity index (χ1) is 14.5. The molecular formula is C20H23N7O2S. The van der Waals surface area contributed by atoms with E-state index in [1.807, 2.05) is 13.8 Å². The molecule has 156 valence electrons. The fourth-order valence-electron chi connectivity index (χ4n) is 3.49. The van der Waals surface area contributed by atoms with Crippen molar-refractivity contribution in [3.05, 3.63) is 46.2 Å². The van der Waals surface area contributed by atoms with Gasteiger partial charge in [-0.2, -0.15) is 0 Å². The Bertz CT molecular complexity index is 1110. The quantitative estimate of drug-likeness (QED) is 0.604. The molecule has 2 N–H and O–H groups in total. The molecule has 4 heterocycles. The molecule has 9 nitrogen and oxygen atoms in total. The fourth-order valence-corrected chi connectivity index (χ4v) is 4.36. The minimum Gasteiger partial charge on any atom is -0.352 e. The van der Waals surface area contributed by atoms with E-state index >= 15 is 0 Å². The van der Waals surface area contributed by atoms with E-state index in [4.69, 9.17) is 0 Å². The third-order valence-electron chi connectivity index (χ3n) is 5.11. The largest absolute Gasteiger partial charge is 0.352 e. The van der Waals surface area contributed by atoms with Crippen LogP contribution in [0.25, 0.3) is 11.2 Å². The van der Waals surface area contributed by atoms with E-state index in [-0.39, 0.29) is 11.8 Å². The molecule has 0 spiro atoms. The Balaban J connectivity index is 1.49. The highest BCUT2D eigenvalue weighted by Crippen LogP contribution is 2.21. The van der Waals surface area contributed by atoms with Gasteiger partial charge in [0.15, 0.2) is 5.65 Å². The Labute approximate surface area is 177 Å². The lowest BCUT2D eigenvalue weighted by molar-refractivity contribution is -0.126. The van der Waals surface area contributed by atoms with Gasteiger partial charge in [-0.3, -0.25) is 9.59 Å². The summed E-state index contributed by atoms with van der Waals surface area (Å²) in [5.74, 6) is 0.419. The number of amides is 2. The standard InChI is InChI=1S/C20H23N7O2S/c1-4-17(28)27-7-5-26(6-8-27)16-11-22-19-18(25-16)14(9-21-19)20(29)23-10-15-12(2)24-13(3)30-15/h4,9,11H,1,5-8,10H2,2-3H3,(H,21,22)(H,23,29). The lowest BCUT2D eigenvalue weighted by Gasteiger charge is -2.34. The van der Waals surface area contributed by atoms with Crippen LogP contribution in [0.4, 0.5) is 5.82 Å². The maximum atomic E-state index is 12.8. The fraction of sp³-hybridized carbons (Fsp3) is 0.350. The number of aromatic nitrogens is 4. The highest BCUT2D eigenvalue weighted by molar-refractivity contribution is 7.11. The Kier molecular flexibility index (Phi) is 5.49. The number of carbonyl (C=O) groups is 2. The molecule has 0 atom stereocenters. The van der Waals surface area contributed by atoms with Gasteiger partial charge in [-0.1, -0.05) is 6.58 Å². The predicted octanol–water partition coefficient (Wildman–Crippen LogP) is 1.80. The van der Waals surface area contributed by atoms with Crippen LogP contribution < -0.4 is 10.2 Å². The monoisotopic (exact) mass is 425 g/mol. The minimum absolute atomic E-state index is 0.0628. The van der Waals surface area contributed by atoms with Crippen molar-refractivity contribution in [3.63, 3.8) is 0 Å².